The van der Waals surface area contributed by atoms with Crippen molar-refractivity contribution in [2.45, 2.75) is 38.4 Å². The first-order valence-corrected chi connectivity index (χ1v) is 11.1. The Balaban J connectivity index is 1.62. The second-order valence-corrected chi connectivity index (χ2v) is 8.65. The number of fused-ring (bicyclic) bond motifs is 1. The second kappa shape index (κ2) is 9.30. The van der Waals surface area contributed by atoms with Gasteiger partial charge in [-0.2, -0.15) is 13.2 Å². The normalized spacial score (nSPS) is 16.9. The molecule has 1 heterocycles. The molecule has 1 atom stereocenters. The molecular formula is C27H28F3N3. The minimum Gasteiger partial charge on any atom is -0.370 e. The summed E-state index contributed by atoms with van der Waals surface area (Å²) in [5, 5.41) is 0. The summed E-state index contributed by atoms with van der Waals surface area (Å²) in [4.78, 5) is 6.59. The van der Waals surface area contributed by atoms with E-state index in [1.807, 2.05) is 37.1 Å². The van der Waals surface area contributed by atoms with Crippen LogP contribution >= 0.6 is 0 Å². The molecule has 6 heteroatoms. The summed E-state index contributed by atoms with van der Waals surface area (Å²) >= 11 is 0. The fourth-order valence-corrected chi connectivity index (χ4v) is 4.42. The lowest BCUT2D eigenvalue weighted by molar-refractivity contribution is -0.137. The average Bonchev–Trinajstić information content (AvgIpc) is 2.84. The number of likely N-dealkylation sites (N-methyl/N-ethyl adjacent to an activating group) is 1. The van der Waals surface area contributed by atoms with Gasteiger partial charge in [0.05, 0.1) is 5.56 Å². The van der Waals surface area contributed by atoms with Crippen LogP contribution in [0.4, 0.5) is 13.2 Å². The Bertz CT molecular complexity index is 1170. The summed E-state index contributed by atoms with van der Waals surface area (Å²) in [6.07, 6.45) is -1.89. The van der Waals surface area contributed by atoms with Crippen molar-refractivity contribution in [2.24, 2.45) is 10.7 Å². The van der Waals surface area contributed by atoms with Crippen LogP contribution in [-0.4, -0.2) is 30.5 Å². The van der Waals surface area contributed by atoms with Crippen LogP contribution in [0.5, 0.6) is 0 Å². The quantitative estimate of drug-likeness (QED) is 0.560. The molecule has 0 radical (unpaired) electrons. The lowest BCUT2D eigenvalue weighted by Crippen LogP contribution is -2.44. The Morgan fingerprint density at radius 2 is 1.70 bits per heavy atom. The Kier molecular flexibility index (Phi) is 6.45. The third-order valence-corrected chi connectivity index (χ3v) is 6.46. The average molecular weight is 452 g/mol. The van der Waals surface area contributed by atoms with Crippen molar-refractivity contribution in [1.82, 2.24) is 4.90 Å². The molecule has 0 aliphatic carbocycles. The first-order valence-electron chi connectivity index (χ1n) is 11.1. The van der Waals surface area contributed by atoms with Crippen LogP contribution in [0, 0.1) is 6.92 Å². The van der Waals surface area contributed by atoms with E-state index in [1.165, 1.54) is 23.3 Å². The molecule has 0 amide bonds. The number of aryl methyl sites for hydroxylation is 1. The van der Waals surface area contributed by atoms with E-state index in [4.69, 9.17) is 5.73 Å². The van der Waals surface area contributed by atoms with Gasteiger partial charge < -0.3 is 10.6 Å². The van der Waals surface area contributed by atoms with Crippen molar-refractivity contribution >= 4 is 5.96 Å². The van der Waals surface area contributed by atoms with E-state index in [1.54, 1.807) is 6.07 Å². The molecule has 0 spiro atoms. The molecule has 3 nitrogen and oxygen atoms in total. The highest BCUT2D eigenvalue weighted by Gasteiger charge is 2.30. The molecule has 1 aliphatic heterocycles. The molecule has 0 bridgehead atoms. The van der Waals surface area contributed by atoms with Gasteiger partial charge in [0, 0.05) is 19.6 Å². The van der Waals surface area contributed by atoms with Crippen molar-refractivity contribution < 1.29 is 13.2 Å². The predicted octanol–water partition coefficient (Wildman–Crippen LogP) is 5.64. The molecule has 1 aliphatic rings. The fourth-order valence-electron chi connectivity index (χ4n) is 4.42. The molecular weight excluding hydrogens is 423 g/mol. The predicted molar refractivity (Wildman–Crippen MR) is 127 cm³/mol. The van der Waals surface area contributed by atoms with Gasteiger partial charge in [-0.3, -0.25) is 4.99 Å². The third kappa shape index (κ3) is 5.21. The molecule has 4 rings (SSSR count). The van der Waals surface area contributed by atoms with Crippen LogP contribution in [0.1, 0.15) is 27.8 Å². The summed E-state index contributed by atoms with van der Waals surface area (Å²) in [7, 11) is 1.98. The molecule has 0 saturated carbocycles. The first-order chi connectivity index (χ1) is 15.7. The van der Waals surface area contributed by atoms with Crippen LogP contribution in [0.2, 0.25) is 0 Å². The van der Waals surface area contributed by atoms with E-state index < -0.39 is 11.7 Å². The SMILES string of the molecule is Cc1cc(-c2cccc(C(F)(F)F)c2)ccc1CC1Cc2ccccc2CCN=C(N)N1C. The summed E-state index contributed by atoms with van der Waals surface area (Å²) < 4.78 is 39.4. The highest BCUT2D eigenvalue weighted by molar-refractivity contribution is 5.78. The zero-order valence-electron chi connectivity index (χ0n) is 18.9. The largest absolute Gasteiger partial charge is 0.416 e. The highest BCUT2D eigenvalue weighted by atomic mass is 19.4. The minimum atomic E-state index is -4.36. The van der Waals surface area contributed by atoms with Gasteiger partial charge >= 0.3 is 6.18 Å². The van der Waals surface area contributed by atoms with E-state index in [0.717, 1.165) is 42.0 Å². The first kappa shape index (κ1) is 22.9. The Hall–Kier alpha value is -3.28. The number of aliphatic imine (C=N–C) groups is 1. The highest BCUT2D eigenvalue weighted by Crippen LogP contribution is 2.33. The number of nitrogens with two attached hydrogens (primary N) is 1. The molecule has 33 heavy (non-hydrogen) atoms. The zero-order chi connectivity index (χ0) is 23.6. The van der Waals surface area contributed by atoms with Gasteiger partial charge in [-0.1, -0.05) is 54.6 Å². The molecule has 3 aromatic carbocycles. The summed E-state index contributed by atoms with van der Waals surface area (Å²) in [5.41, 5.74) is 11.8. The zero-order valence-corrected chi connectivity index (χ0v) is 18.9. The van der Waals surface area contributed by atoms with E-state index in [0.29, 0.717) is 18.1 Å². The molecule has 0 aromatic heterocycles. The topological polar surface area (TPSA) is 41.6 Å². The number of rotatable bonds is 3. The van der Waals surface area contributed by atoms with E-state index in [2.05, 4.69) is 29.3 Å². The third-order valence-electron chi connectivity index (χ3n) is 6.46. The Morgan fingerprint density at radius 1 is 0.970 bits per heavy atom. The van der Waals surface area contributed by atoms with E-state index in [-0.39, 0.29) is 6.04 Å². The molecule has 172 valence electrons. The number of nitrogens with zero attached hydrogens (tertiary/aromatic N) is 2. The number of hydrogen-bond donors (Lipinski definition) is 1. The molecule has 2 N–H and O–H groups in total. The van der Waals surface area contributed by atoms with Crippen molar-refractivity contribution in [3.05, 3.63) is 94.5 Å². The van der Waals surface area contributed by atoms with Gasteiger partial charge in [0.2, 0.25) is 0 Å². The number of alkyl halides is 3. The van der Waals surface area contributed by atoms with Gasteiger partial charge in [-0.15, -0.1) is 0 Å². The van der Waals surface area contributed by atoms with Crippen LogP contribution in [-0.2, 0) is 25.4 Å². The van der Waals surface area contributed by atoms with E-state index in [9.17, 15) is 13.2 Å². The summed E-state index contributed by atoms with van der Waals surface area (Å²) in [6, 6.07) is 19.9. The van der Waals surface area contributed by atoms with Gasteiger partial charge in [0.25, 0.3) is 0 Å². The fraction of sp³-hybridized carbons (Fsp3) is 0.296. The second-order valence-electron chi connectivity index (χ2n) is 8.65. The minimum absolute atomic E-state index is 0.117. The number of halogens is 3. The number of benzene rings is 3. The van der Waals surface area contributed by atoms with Gasteiger partial charge in [-0.25, -0.2) is 0 Å². The lowest BCUT2D eigenvalue weighted by Gasteiger charge is -2.30. The maximum Gasteiger partial charge on any atom is 0.416 e. The molecule has 0 saturated heterocycles. The molecule has 1 unspecified atom stereocenters. The monoisotopic (exact) mass is 451 g/mol. The van der Waals surface area contributed by atoms with Crippen LogP contribution in [0.15, 0.2) is 71.7 Å². The smallest absolute Gasteiger partial charge is 0.370 e. The van der Waals surface area contributed by atoms with Gasteiger partial charge in [0.15, 0.2) is 5.96 Å². The Morgan fingerprint density at radius 3 is 2.42 bits per heavy atom. The number of hydrogen-bond acceptors (Lipinski definition) is 3. The number of guanidine groups is 1. The summed E-state index contributed by atoms with van der Waals surface area (Å²) in [6.45, 7) is 2.66. The molecule has 0 fully saturated rings. The van der Waals surface area contributed by atoms with Crippen molar-refractivity contribution in [3.63, 3.8) is 0 Å². The van der Waals surface area contributed by atoms with Crippen LogP contribution in [0.25, 0.3) is 11.1 Å². The van der Waals surface area contributed by atoms with Crippen molar-refractivity contribution in [1.29, 1.82) is 0 Å². The van der Waals surface area contributed by atoms with Crippen molar-refractivity contribution in [2.75, 3.05) is 13.6 Å². The maximum atomic E-state index is 13.1. The standard InChI is InChI=1S/C27H28F3N3/c1-18-14-23(21-8-5-9-24(15-21)27(28,29)30)11-10-20(18)16-25-17-22-7-4-3-6-19(22)12-13-32-26(31)33(25)2/h3-11,14-15,25H,12-13,16-17H2,1-2H3,(H2,31,32). The van der Waals surface area contributed by atoms with Gasteiger partial charge in [-0.05, 0) is 71.7 Å². The van der Waals surface area contributed by atoms with E-state index >= 15 is 0 Å². The van der Waals surface area contributed by atoms with Crippen molar-refractivity contribution in [3.8, 4) is 11.1 Å². The lowest BCUT2D eigenvalue weighted by atomic mass is 9.91. The van der Waals surface area contributed by atoms with Gasteiger partial charge in [0.1, 0.15) is 0 Å². The Labute approximate surface area is 192 Å². The van der Waals surface area contributed by atoms with Crippen LogP contribution in [0.3, 0.4) is 0 Å². The molecule has 3 aromatic rings. The van der Waals surface area contributed by atoms with Crippen LogP contribution < -0.4 is 5.73 Å². The maximum absolute atomic E-state index is 13.1. The summed E-state index contributed by atoms with van der Waals surface area (Å²) in [5.74, 6) is 0.533.